The standard InChI is InChI=1S/C13H19F3N2O2/c1-4-7(2)9-11(20)18(8(3)10(19)17-9)12(5-6-12)13(14,15)16/h7-9H,4-6H2,1-3H3,(H,17,19). The minimum atomic E-state index is -4.49. The smallest absolute Gasteiger partial charge is 0.342 e. The highest BCUT2D eigenvalue weighted by molar-refractivity contribution is 5.97. The maximum Gasteiger partial charge on any atom is 0.411 e. The molecule has 2 fully saturated rings. The molecule has 0 spiro atoms. The van der Waals surface area contributed by atoms with Crippen molar-refractivity contribution in [2.45, 2.75) is 63.8 Å². The molecule has 20 heavy (non-hydrogen) atoms. The average Bonchev–Trinajstić information content (AvgIpc) is 3.14. The van der Waals surface area contributed by atoms with Crippen molar-refractivity contribution in [1.29, 1.82) is 0 Å². The van der Waals surface area contributed by atoms with Crippen LogP contribution in [0.1, 0.15) is 40.0 Å². The Labute approximate surface area is 115 Å². The molecule has 1 saturated carbocycles. The lowest BCUT2D eigenvalue weighted by molar-refractivity contribution is -0.209. The van der Waals surface area contributed by atoms with Crippen LogP contribution in [0.15, 0.2) is 0 Å². The summed E-state index contributed by atoms with van der Waals surface area (Å²) in [5.41, 5.74) is -2.13. The number of nitrogens with one attached hydrogen (secondary N) is 1. The zero-order chi connectivity index (χ0) is 15.3. The number of amides is 2. The molecule has 0 aromatic rings. The number of carbonyl (C=O) groups is 2. The van der Waals surface area contributed by atoms with Crippen molar-refractivity contribution < 1.29 is 22.8 Å². The van der Waals surface area contributed by atoms with E-state index in [0.29, 0.717) is 6.42 Å². The lowest BCUT2D eigenvalue weighted by atomic mass is 9.93. The molecule has 0 radical (unpaired) electrons. The van der Waals surface area contributed by atoms with Crippen molar-refractivity contribution in [1.82, 2.24) is 10.2 Å². The van der Waals surface area contributed by atoms with Crippen LogP contribution < -0.4 is 5.32 Å². The minimum absolute atomic E-state index is 0.118. The molecule has 2 amide bonds. The molecule has 4 nitrogen and oxygen atoms in total. The summed E-state index contributed by atoms with van der Waals surface area (Å²) in [7, 11) is 0. The van der Waals surface area contributed by atoms with Crippen LogP contribution >= 0.6 is 0 Å². The molecule has 0 aromatic heterocycles. The fraction of sp³-hybridized carbons (Fsp3) is 0.846. The van der Waals surface area contributed by atoms with Crippen molar-refractivity contribution in [3.8, 4) is 0 Å². The lowest BCUT2D eigenvalue weighted by Crippen LogP contribution is -2.69. The van der Waals surface area contributed by atoms with Gasteiger partial charge in [0.2, 0.25) is 11.8 Å². The highest BCUT2D eigenvalue weighted by Crippen LogP contribution is 2.55. The van der Waals surface area contributed by atoms with Crippen LogP contribution in [0.3, 0.4) is 0 Å². The van der Waals surface area contributed by atoms with Gasteiger partial charge >= 0.3 is 6.18 Å². The molecule has 0 bridgehead atoms. The number of nitrogens with zero attached hydrogens (tertiary/aromatic N) is 1. The average molecular weight is 292 g/mol. The SMILES string of the molecule is CCC(C)C1NC(=O)C(C)N(C2(C(F)(F)F)CC2)C1=O. The quantitative estimate of drug-likeness (QED) is 0.863. The Morgan fingerprint density at radius 2 is 1.95 bits per heavy atom. The van der Waals surface area contributed by atoms with Gasteiger partial charge in [-0.3, -0.25) is 9.59 Å². The summed E-state index contributed by atoms with van der Waals surface area (Å²) in [6.45, 7) is 4.94. The molecule has 0 aromatic carbocycles. The normalized spacial score (nSPS) is 31.0. The fourth-order valence-electron chi connectivity index (χ4n) is 2.78. The summed E-state index contributed by atoms with van der Waals surface area (Å²) in [5, 5.41) is 2.55. The van der Waals surface area contributed by atoms with Gasteiger partial charge in [-0.25, -0.2) is 0 Å². The van der Waals surface area contributed by atoms with E-state index in [4.69, 9.17) is 0 Å². The largest absolute Gasteiger partial charge is 0.411 e. The van der Waals surface area contributed by atoms with Gasteiger partial charge in [-0.05, 0) is 25.7 Å². The van der Waals surface area contributed by atoms with Gasteiger partial charge in [0.15, 0.2) is 0 Å². The molecule has 7 heteroatoms. The van der Waals surface area contributed by atoms with Crippen LogP contribution in [-0.2, 0) is 9.59 Å². The summed E-state index contributed by atoms with van der Waals surface area (Å²) >= 11 is 0. The first-order chi connectivity index (χ1) is 9.15. The number of halogens is 3. The lowest BCUT2D eigenvalue weighted by Gasteiger charge is -2.44. The summed E-state index contributed by atoms with van der Waals surface area (Å²) in [4.78, 5) is 25.1. The third-order valence-electron chi connectivity index (χ3n) is 4.49. The maximum absolute atomic E-state index is 13.2. The zero-order valence-electron chi connectivity index (χ0n) is 11.8. The van der Waals surface area contributed by atoms with Crippen LogP contribution in [0.2, 0.25) is 0 Å². The Hall–Kier alpha value is -1.27. The van der Waals surface area contributed by atoms with Crippen LogP contribution in [-0.4, -0.2) is 40.5 Å². The molecule has 1 aliphatic heterocycles. The van der Waals surface area contributed by atoms with Crippen molar-refractivity contribution in [3.05, 3.63) is 0 Å². The second-order valence-electron chi connectivity index (χ2n) is 5.79. The molecular weight excluding hydrogens is 273 g/mol. The minimum Gasteiger partial charge on any atom is -0.342 e. The van der Waals surface area contributed by atoms with Crippen LogP contribution in [0.4, 0.5) is 13.2 Å². The summed E-state index contributed by atoms with van der Waals surface area (Å²) in [6, 6.07) is -1.93. The van der Waals surface area contributed by atoms with Crippen LogP contribution in [0, 0.1) is 5.92 Å². The number of alkyl halides is 3. The molecule has 2 aliphatic rings. The Kier molecular flexibility index (Phi) is 3.50. The molecular formula is C13H19F3N2O2. The van der Waals surface area contributed by atoms with E-state index in [0.717, 1.165) is 4.90 Å². The zero-order valence-corrected chi connectivity index (χ0v) is 11.8. The number of piperazine rings is 1. The van der Waals surface area contributed by atoms with Gasteiger partial charge in [0, 0.05) is 0 Å². The molecule has 1 saturated heterocycles. The van der Waals surface area contributed by atoms with E-state index in [2.05, 4.69) is 5.32 Å². The second kappa shape index (κ2) is 4.63. The van der Waals surface area contributed by atoms with Crippen LogP contribution in [0.25, 0.3) is 0 Å². The van der Waals surface area contributed by atoms with Gasteiger partial charge in [-0.15, -0.1) is 0 Å². The van der Waals surface area contributed by atoms with Crippen molar-refractivity contribution in [2.24, 2.45) is 5.92 Å². The monoisotopic (exact) mass is 292 g/mol. The Balaban J connectivity index is 2.35. The third-order valence-corrected chi connectivity index (χ3v) is 4.49. The van der Waals surface area contributed by atoms with Gasteiger partial charge in [0.25, 0.3) is 0 Å². The van der Waals surface area contributed by atoms with Crippen LogP contribution in [0.5, 0.6) is 0 Å². The third kappa shape index (κ3) is 2.07. The van der Waals surface area contributed by atoms with E-state index >= 15 is 0 Å². The first-order valence-corrected chi connectivity index (χ1v) is 6.86. The van der Waals surface area contributed by atoms with Crippen molar-refractivity contribution in [3.63, 3.8) is 0 Å². The Morgan fingerprint density at radius 1 is 1.40 bits per heavy atom. The number of carbonyl (C=O) groups excluding carboxylic acids is 2. The van der Waals surface area contributed by atoms with E-state index in [1.165, 1.54) is 6.92 Å². The number of hydrogen-bond donors (Lipinski definition) is 1. The molecule has 3 unspecified atom stereocenters. The number of rotatable bonds is 3. The van der Waals surface area contributed by atoms with E-state index in [-0.39, 0.29) is 18.8 Å². The molecule has 1 aliphatic carbocycles. The highest BCUT2D eigenvalue weighted by atomic mass is 19.4. The molecule has 3 atom stereocenters. The number of hydrogen-bond acceptors (Lipinski definition) is 2. The van der Waals surface area contributed by atoms with E-state index < -0.39 is 35.6 Å². The summed E-state index contributed by atoms with van der Waals surface area (Å²) < 4.78 is 39.7. The molecule has 1 N–H and O–H groups in total. The molecule has 1 heterocycles. The topological polar surface area (TPSA) is 49.4 Å². The summed E-state index contributed by atoms with van der Waals surface area (Å²) in [5.74, 6) is -1.31. The Morgan fingerprint density at radius 3 is 2.35 bits per heavy atom. The predicted octanol–water partition coefficient (Wildman–Crippen LogP) is 1.84. The van der Waals surface area contributed by atoms with Gasteiger partial charge < -0.3 is 10.2 Å². The molecule has 114 valence electrons. The first kappa shape index (κ1) is 15.1. The van der Waals surface area contributed by atoms with Crippen molar-refractivity contribution >= 4 is 11.8 Å². The molecule has 2 rings (SSSR count). The van der Waals surface area contributed by atoms with Gasteiger partial charge in [-0.1, -0.05) is 20.3 Å². The van der Waals surface area contributed by atoms with Crippen molar-refractivity contribution in [2.75, 3.05) is 0 Å². The van der Waals surface area contributed by atoms with Gasteiger partial charge in [-0.2, -0.15) is 13.2 Å². The van der Waals surface area contributed by atoms with E-state index in [1.54, 1.807) is 6.92 Å². The maximum atomic E-state index is 13.2. The van der Waals surface area contributed by atoms with E-state index in [9.17, 15) is 22.8 Å². The van der Waals surface area contributed by atoms with Gasteiger partial charge in [0.05, 0.1) is 0 Å². The first-order valence-electron chi connectivity index (χ1n) is 6.86. The summed E-state index contributed by atoms with van der Waals surface area (Å²) in [6.07, 6.45) is -4.12. The second-order valence-corrected chi connectivity index (χ2v) is 5.79. The van der Waals surface area contributed by atoms with E-state index in [1.807, 2.05) is 6.92 Å². The highest BCUT2D eigenvalue weighted by Gasteiger charge is 2.70. The fourth-order valence-corrected chi connectivity index (χ4v) is 2.78. The van der Waals surface area contributed by atoms with Gasteiger partial charge in [0.1, 0.15) is 17.6 Å². The Bertz CT molecular complexity index is 432. The predicted molar refractivity (Wildman–Crippen MR) is 65.7 cm³/mol.